The van der Waals surface area contributed by atoms with Crippen molar-refractivity contribution in [2.45, 2.75) is 431 Å². The predicted molar refractivity (Wildman–Crippen MR) is 421 cm³/mol. The molecule has 0 aromatic carbocycles. The Labute approximate surface area is 773 Å². The van der Waals surface area contributed by atoms with Crippen LogP contribution in [0, 0.1) is 0 Å². The minimum absolute atomic E-state index is 0.864. The van der Waals surface area contributed by atoms with E-state index in [1.165, 1.54) is 41.5 Å². The normalized spacial score (nSPS) is 52.7. The number of rotatable bonds is 31. The summed E-state index contributed by atoms with van der Waals surface area (Å²) in [7, 11) is 0. The highest BCUT2D eigenvalue weighted by atomic mass is 16.8. The molecule has 0 aromatic heterocycles. The van der Waals surface area contributed by atoms with Gasteiger partial charge in [0, 0.05) is 20.8 Å². The Morgan fingerprint density at radius 1 is 0.191 bits per heavy atom. The maximum atomic E-state index is 13.4. The van der Waals surface area contributed by atoms with Crippen LogP contribution >= 0.6 is 0 Å². The van der Waals surface area contributed by atoms with Crippen LogP contribution in [0.3, 0.4) is 0 Å². The fourth-order valence-electron chi connectivity index (χ4n) is 18.2. The molecule has 12 fully saturated rings. The van der Waals surface area contributed by atoms with Crippen LogP contribution in [0.15, 0.2) is 0 Å². The van der Waals surface area contributed by atoms with Gasteiger partial charge >= 0.3 is 0 Å². The molecule has 32 N–H and O–H groups in total. The summed E-state index contributed by atoms with van der Waals surface area (Å²) in [5.41, 5.74) is 0. The Morgan fingerprint density at radius 2 is 0.382 bits per heavy atom. The summed E-state index contributed by atoms with van der Waals surface area (Å²) in [6.45, 7) is 3.91. The third-order valence-corrected chi connectivity index (χ3v) is 26.1. The van der Waals surface area contributed by atoms with Gasteiger partial charge in [0.1, 0.15) is 256 Å². The molecule has 0 aliphatic carbocycles. The lowest BCUT2D eigenvalue weighted by atomic mass is 9.94. The maximum Gasteiger partial charge on any atom is 0.217 e. The van der Waals surface area contributed by atoms with Crippen molar-refractivity contribution in [3.8, 4) is 0 Å². The van der Waals surface area contributed by atoms with Gasteiger partial charge in [0.15, 0.2) is 75.5 Å². The van der Waals surface area contributed by atoms with Gasteiger partial charge in [0.25, 0.3) is 0 Å². The minimum atomic E-state index is -2.36. The third-order valence-electron chi connectivity index (χ3n) is 26.1. The second-order valence-corrected chi connectivity index (χ2v) is 35.7. The van der Waals surface area contributed by atoms with Gasteiger partial charge in [-0.15, -0.1) is 0 Å². The third kappa shape index (κ3) is 23.5. The van der Waals surface area contributed by atoms with Crippen LogP contribution in [0.1, 0.15) is 62.3 Å². The molecule has 0 bridgehead atoms. The molecular weight excluding hydrogens is 1860 g/mol. The lowest BCUT2D eigenvalue weighted by Gasteiger charge is -2.51. The van der Waals surface area contributed by atoms with Crippen LogP contribution in [0.25, 0.3) is 0 Å². The van der Waals surface area contributed by atoms with Crippen molar-refractivity contribution in [1.82, 2.24) is 16.0 Å². The first-order chi connectivity index (χ1) is 64.1. The second-order valence-electron chi connectivity index (χ2n) is 35.7. The Hall–Kier alpha value is -3.67. The number of amides is 3. The van der Waals surface area contributed by atoms with Crippen LogP contribution in [0.4, 0.5) is 0 Å². The molecule has 0 saturated carbocycles. The first-order valence-corrected chi connectivity index (χ1v) is 44.3. The number of aliphatic hydroxyl groups is 29. The molecule has 12 saturated heterocycles. The molecule has 788 valence electrons. The van der Waals surface area contributed by atoms with Crippen molar-refractivity contribution in [2.75, 3.05) is 39.6 Å². The standard InChI is InChI=1S/C78H131N3O55/c1-16-34(91)46(103)50(107)71(115-16)134-64-47(104)40(97)25(10-82)123-76(64)126-57-32(80-23(8)89)69(121-29(14-86)44(57)101)130-60-36(93)18(3)116-72(52(60)109)133-63-39(96)21(6)119-75(55(63)112)136-66-49(106)42(99)27(12-84)125-78(66)128-58-33(81-24(9)90)70(122-30(15-87)45(58)102)131-61-37(94)19(4)117-73(53(61)110)132-62-38(95)20(5)118-74(54(62)111)135-65-48(105)41(98)26(11-83)124-77(65)127-56-31(79-22(7)88)68(120-28(13-85)43(56)100)129-59-35(92)17(2)114-67(113)51(59)108/h16-21,25-78,82-87,91-113H,10-15H2,1-9H3,(H,79,88)(H,80,89)(H,81,90)/t16-,17-,18-,19-,20-,21-,25+,26+,27+,28+,29+,30+,31+,32+,33+,34-,35-,36-,37-,38-,39-,40-,41-,42-,43+,44+,45+,46+,47-,48-,49-,50+,51+,52+,53+,54+,55+,56+,57+,58+,59+,60+,61+,62+,63+,64+,65+,66+,67+,68+,69+,70+,71-,72-,73-,74-,75-,76+,77+,78+/m0/s1. The first kappa shape index (κ1) is 111. The highest BCUT2D eigenvalue weighted by Gasteiger charge is 2.64. The molecule has 12 aliphatic rings. The molecule has 3 amide bonds. The molecule has 136 heavy (non-hydrogen) atoms. The first-order valence-electron chi connectivity index (χ1n) is 44.3. The summed E-state index contributed by atoms with van der Waals surface area (Å²) in [5.74, 6) is -2.76. The molecule has 0 spiro atoms. The SMILES string of the molecule is CC(=O)N[C@H]1[C@@H](O[C@@H]2[C@@H](O)[C@H](C)O[C@@H](O[C@@H]3[C@@H](O)[C@H](C)O[C@@H](O[C@H]4[C@@H](O[C@H]5[C@H](O)[C@@H](CO)O[C@H](O[C@@H]6[C@@H](O)[C@H](C)O[C@@H](O[C@@H]7[C@@H](O)[C@H](C)O[C@@H](O[C@H]8[C@@H](O[C@H]9[C@H](O)[C@@H](CO)O[C@H](O[C@@H]%10[C@@H](O)[C@H](C)O[C@@H](O)[C@@H]%10O)[C@@H]9NC(C)=O)O[C@H](CO)[C@H](O)[C@@H]8O)[C@@H]7O)[C@@H]6O)[C@@H]5NC(C)=O)O[C@H](CO)[C@H](O)[C@@H]4O)[C@@H]3O)[C@@H]2O)O[C@H](CO)[C@@H](O)[C@@H]1O[C@H]1O[C@H](CO)[C@H](O)[C@H](O)[C@H]1O[C@@H]1O[C@@H](C)[C@H](O)[C@@H](O)[C@H]1O. The van der Waals surface area contributed by atoms with Crippen molar-refractivity contribution in [2.24, 2.45) is 0 Å². The molecule has 12 aliphatic heterocycles. The van der Waals surface area contributed by atoms with E-state index in [-0.39, 0.29) is 0 Å². The van der Waals surface area contributed by atoms with Crippen LogP contribution in [0.5, 0.6) is 0 Å². The van der Waals surface area contributed by atoms with E-state index >= 15 is 0 Å². The number of carbonyl (C=O) groups excluding carboxylic acids is 3. The molecule has 12 heterocycles. The van der Waals surface area contributed by atoms with Gasteiger partial charge in [-0.1, -0.05) is 0 Å². The predicted octanol–water partition coefficient (Wildman–Crippen LogP) is -20.6. The van der Waals surface area contributed by atoms with Crippen molar-refractivity contribution in [3.05, 3.63) is 0 Å². The smallest absolute Gasteiger partial charge is 0.217 e. The highest BCUT2D eigenvalue weighted by Crippen LogP contribution is 2.43. The largest absolute Gasteiger partial charge is 0.394 e. The summed E-state index contributed by atoms with van der Waals surface area (Å²) < 4.78 is 137. The number of carbonyl (C=O) groups is 3. The van der Waals surface area contributed by atoms with E-state index in [1.54, 1.807) is 0 Å². The summed E-state index contributed by atoms with van der Waals surface area (Å²) in [6.07, 6.45) is -113. The van der Waals surface area contributed by atoms with E-state index in [2.05, 4.69) is 16.0 Å². The Bertz CT molecular complexity index is 3730. The topological polar surface area (TPSA) is 886 Å². The van der Waals surface area contributed by atoms with Gasteiger partial charge in [-0.25, -0.2) is 0 Å². The van der Waals surface area contributed by atoms with Gasteiger partial charge in [-0.2, -0.15) is 0 Å². The summed E-state index contributed by atoms with van der Waals surface area (Å²) in [4.78, 5) is 39.5. The van der Waals surface area contributed by atoms with Gasteiger partial charge < -0.3 is 273 Å². The number of hydrogen-bond donors (Lipinski definition) is 32. The summed E-state index contributed by atoms with van der Waals surface area (Å²) in [5, 5.41) is 336. The van der Waals surface area contributed by atoms with E-state index in [0.717, 1.165) is 20.8 Å². The molecular formula is C78H131N3O55. The molecule has 58 heteroatoms. The van der Waals surface area contributed by atoms with Crippen LogP contribution in [-0.4, -0.2) is 574 Å². The zero-order valence-corrected chi connectivity index (χ0v) is 74.5. The van der Waals surface area contributed by atoms with Gasteiger partial charge in [-0.05, 0) is 41.5 Å². The fraction of sp³-hybridized carbons (Fsp3) is 0.962. The molecule has 0 radical (unpaired) electrons. The van der Waals surface area contributed by atoms with E-state index < -0.39 is 426 Å². The number of aliphatic hydroxyl groups excluding tert-OH is 29. The monoisotopic (exact) mass is 1990 g/mol. The van der Waals surface area contributed by atoms with Crippen molar-refractivity contribution in [1.29, 1.82) is 0 Å². The summed E-state index contributed by atoms with van der Waals surface area (Å²) in [6, 6.07) is -5.62. The van der Waals surface area contributed by atoms with Gasteiger partial charge in [-0.3, -0.25) is 14.4 Å². The zero-order chi connectivity index (χ0) is 100. The lowest BCUT2D eigenvalue weighted by molar-refractivity contribution is -0.401. The lowest BCUT2D eigenvalue weighted by Crippen LogP contribution is -2.70. The fourth-order valence-corrected chi connectivity index (χ4v) is 18.2. The molecule has 12 rings (SSSR count). The highest BCUT2D eigenvalue weighted by molar-refractivity contribution is 5.74. The Kier molecular flexibility index (Phi) is 38.6. The Morgan fingerprint density at radius 3 is 0.625 bits per heavy atom. The molecule has 0 unspecified atom stereocenters. The van der Waals surface area contributed by atoms with E-state index in [9.17, 15) is 162 Å². The summed E-state index contributed by atoms with van der Waals surface area (Å²) >= 11 is 0. The van der Waals surface area contributed by atoms with E-state index in [1.807, 2.05) is 0 Å². The van der Waals surface area contributed by atoms with Crippen LogP contribution < -0.4 is 16.0 Å². The molecule has 60 atom stereocenters. The van der Waals surface area contributed by atoms with Crippen LogP contribution in [-0.2, 0) is 123 Å². The average molecular weight is 1990 g/mol. The maximum absolute atomic E-state index is 13.4. The van der Waals surface area contributed by atoms with Gasteiger partial charge in [0.05, 0.1) is 76.3 Å². The second kappa shape index (κ2) is 47.2. The van der Waals surface area contributed by atoms with E-state index in [4.69, 9.17) is 109 Å². The quantitative estimate of drug-likeness (QED) is 0.0306. The molecule has 58 nitrogen and oxygen atoms in total. The van der Waals surface area contributed by atoms with E-state index in [0.29, 0.717) is 0 Å². The molecule has 0 aromatic rings. The number of nitrogens with one attached hydrogen (secondary N) is 3. The van der Waals surface area contributed by atoms with Crippen molar-refractivity contribution >= 4 is 17.7 Å². The van der Waals surface area contributed by atoms with Crippen molar-refractivity contribution in [3.63, 3.8) is 0 Å². The number of ether oxygens (including phenoxy) is 23. The van der Waals surface area contributed by atoms with Gasteiger partial charge in [0.2, 0.25) is 17.7 Å². The van der Waals surface area contributed by atoms with Crippen molar-refractivity contribution < 1.29 is 271 Å². The van der Waals surface area contributed by atoms with Crippen LogP contribution in [0.2, 0.25) is 0 Å². The Balaban J connectivity index is 0.749. The minimum Gasteiger partial charge on any atom is -0.394 e. The average Bonchev–Trinajstić information content (AvgIpc) is 0.776. The number of hydrogen-bond acceptors (Lipinski definition) is 55. The zero-order valence-electron chi connectivity index (χ0n) is 74.5.